The van der Waals surface area contributed by atoms with Crippen molar-refractivity contribution in [3.63, 3.8) is 0 Å². The number of aryl methyl sites for hydroxylation is 1. The molecule has 0 spiro atoms. The maximum Gasteiger partial charge on any atom is 0.285 e. The quantitative estimate of drug-likeness (QED) is 0.624. The van der Waals surface area contributed by atoms with E-state index in [1.165, 1.54) is 53.5 Å². The van der Waals surface area contributed by atoms with E-state index in [9.17, 15) is 22.0 Å². The molecule has 2 aromatic carbocycles. The predicted molar refractivity (Wildman–Crippen MR) is 110 cm³/mol. The van der Waals surface area contributed by atoms with Gasteiger partial charge in [-0.2, -0.15) is 8.42 Å². The molecule has 1 N–H and O–H groups in total. The van der Waals surface area contributed by atoms with Gasteiger partial charge < -0.3 is 9.88 Å². The van der Waals surface area contributed by atoms with Gasteiger partial charge in [0.25, 0.3) is 15.9 Å². The third-order valence-electron chi connectivity index (χ3n) is 5.05. The zero-order valence-corrected chi connectivity index (χ0v) is 17.7. The van der Waals surface area contributed by atoms with Crippen LogP contribution in [0.25, 0.3) is 0 Å². The van der Waals surface area contributed by atoms with Crippen molar-refractivity contribution < 1.29 is 22.0 Å². The van der Waals surface area contributed by atoms with Crippen molar-refractivity contribution in [2.45, 2.75) is 17.0 Å². The molecule has 0 unspecified atom stereocenters. The zero-order valence-electron chi connectivity index (χ0n) is 16.2. The molecule has 162 valence electrons. The van der Waals surface area contributed by atoms with Crippen molar-refractivity contribution in [3.05, 3.63) is 77.2 Å². The van der Waals surface area contributed by atoms with Gasteiger partial charge in [0.15, 0.2) is 5.03 Å². The Morgan fingerprint density at radius 3 is 2.48 bits per heavy atom. The van der Waals surface area contributed by atoms with Crippen LogP contribution in [0.2, 0.25) is 5.02 Å². The molecule has 0 saturated carbocycles. The summed E-state index contributed by atoms with van der Waals surface area (Å²) in [5, 5.41) is 2.55. The number of nitrogens with zero attached hydrogens (tertiary/aromatic N) is 3. The smallest absolute Gasteiger partial charge is 0.285 e. The maximum atomic E-state index is 13.5. The van der Waals surface area contributed by atoms with Crippen LogP contribution in [0.4, 0.5) is 14.5 Å². The van der Waals surface area contributed by atoms with Crippen molar-refractivity contribution in [1.29, 1.82) is 0 Å². The monoisotopic (exact) mass is 466 g/mol. The number of halogens is 3. The summed E-state index contributed by atoms with van der Waals surface area (Å²) >= 11 is 5.83. The number of imidazole rings is 1. The molecular formula is C20H17ClF2N4O3S. The molecule has 1 aliphatic rings. The second-order valence-corrected chi connectivity index (χ2v) is 9.38. The van der Waals surface area contributed by atoms with Crippen LogP contribution in [-0.4, -0.2) is 40.8 Å². The Morgan fingerprint density at radius 2 is 1.87 bits per heavy atom. The van der Waals surface area contributed by atoms with Crippen LogP contribution >= 0.6 is 11.6 Å². The second-order valence-electron chi connectivity index (χ2n) is 7.16. The summed E-state index contributed by atoms with van der Waals surface area (Å²) in [5.41, 5.74) is 0.910. The Kier molecular flexibility index (Phi) is 5.44. The molecule has 0 aliphatic carbocycles. The number of amides is 1. The molecule has 0 radical (unpaired) electrons. The molecule has 2 atom stereocenters. The van der Waals surface area contributed by atoms with E-state index >= 15 is 0 Å². The molecular weight excluding hydrogens is 450 g/mol. The first-order valence-electron chi connectivity index (χ1n) is 9.18. The number of nitrogens with one attached hydrogen (secondary N) is 1. The van der Waals surface area contributed by atoms with E-state index in [0.717, 1.165) is 10.4 Å². The van der Waals surface area contributed by atoms with E-state index < -0.39 is 39.5 Å². The molecule has 2 heterocycles. The minimum absolute atomic E-state index is 0.147. The first kappa shape index (κ1) is 21.3. The lowest BCUT2D eigenvalue weighted by molar-refractivity contribution is -0.124. The van der Waals surface area contributed by atoms with Gasteiger partial charge in [-0.15, -0.1) is 0 Å². The SMILES string of the molecule is Cn1cnc(S(=O)(=O)N2C[C@@H](c3ccc(F)cc3)[C@H](Nc3ccc(F)c(Cl)c3)C2=O)c1. The van der Waals surface area contributed by atoms with Gasteiger partial charge in [-0.3, -0.25) is 4.79 Å². The number of aromatic nitrogens is 2. The van der Waals surface area contributed by atoms with Crippen LogP contribution in [0, 0.1) is 11.6 Å². The number of hydrogen-bond acceptors (Lipinski definition) is 5. The second kappa shape index (κ2) is 7.93. The fourth-order valence-corrected chi connectivity index (χ4v) is 5.08. The third kappa shape index (κ3) is 4.00. The first-order valence-corrected chi connectivity index (χ1v) is 11.0. The summed E-state index contributed by atoms with van der Waals surface area (Å²) < 4.78 is 55.3. The van der Waals surface area contributed by atoms with Gasteiger partial charge in [0.1, 0.15) is 17.7 Å². The number of rotatable bonds is 5. The summed E-state index contributed by atoms with van der Waals surface area (Å²) in [6, 6.07) is 8.30. The number of hydrogen-bond donors (Lipinski definition) is 1. The minimum Gasteiger partial charge on any atom is -0.373 e. The number of carbonyl (C=O) groups is 1. The number of carbonyl (C=O) groups excluding carboxylic acids is 1. The highest BCUT2D eigenvalue weighted by Gasteiger charge is 2.47. The fourth-order valence-electron chi connectivity index (χ4n) is 3.49. The third-order valence-corrected chi connectivity index (χ3v) is 6.99. The number of sulfonamides is 1. The number of anilines is 1. The van der Waals surface area contributed by atoms with Crippen molar-refractivity contribution in [2.24, 2.45) is 7.05 Å². The van der Waals surface area contributed by atoms with Crippen molar-refractivity contribution in [2.75, 3.05) is 11.9 Å². The topological polar surface area (TPSA) is 84.3 Å². The predicted octanol–water partition coefficient (Wildman–Crippen LogP) is 3.15. The lowest BCUT2D eigenvalue weighted by Gasteiger charge is -2.19. The highest BCUT2D eigenvalue weighted by Crippen LogP contribution is 2.34. The Bertz CT molecular complexity index is 1250. The van der Waals surface area contributed by atoms with E-state index in [2.05, 4.69) is 10.3 Å². The minimum atomic E-state index is -4.20. The van der Waals surface area contributed by atoms with Crippen molar-refractivity contribution in [1.82, 2.24) is 13.9 Å². The summed E-state index contributed by atoms with van der Waals surface area (Å²) in [6.07, 6.45) is 2.62. The molecule has 3 aromatic rings. The lowest BCUT2D eigenvalue weighted by Crippen LogP contribution is -2.38. The summed E-state index contributed by atoms with van der Waals surface area (Å²) in [7, 11) is -2.59. The van der Waals surface area contributed by atoms with E-state index in [0.29, 0.717) is 11.3 Å². The van der Waals surface area contributed by atoms with Crippen LogP contribution < -0.4 is 5.32 Å². The molecule has 0 bridgehead atoms. The molecule has 1 aromatic heterocycles. The molecule has 1 aliphatic heterocycles. The molecule has 1 amide bonds. The molecule has 1 saturated heterocycles. The van der Waals surface area contributed by atoms with Gasteiger partial charge in [-0.05, 0) is 35.9 Å². The van der Waals surface area contributed by atoms with E-state index in [4.69, 9.17) is 11.6 Å². The van der Waals surface area contributed by atoms with Crippen LogP contribution in [0.15, 0.2) is 60.0 Å². The van der Waals surface area contributed by atoms with Crippen LogP contribution in [-0.2, 0) is 21.9 Å². The molecule has 1 fully saturated rings. The first-order chi connectivity index (χ1) is 14.7. The Balaban J connectivity index is 1.73. The average Bonchev–Trinajstić information content (AvgIpc) is 3.30. The normalized spacial score (nSPS) is 19.1. The van der Waals surface area contributed by atoms with Gasteiger partial charge in [0, 0.05) is 31.4 Å². The van der Waals surface area contributed by atoms with Crippen LogP contribution in [0.3, 0.4) is 0 Å². The summed E-state index contributed by atoms with van der Waals surface area (Å²) in [6.45, 7) is -0.171. The highest BCUT2D eigenvalue weighted by molar-refractivity contribution is 7.89. The van der Waals surface area contributed by atoms with E-state index in [1.54, 1.807) is 7.05 Å². The summed E-state index contributed by atoms with van der Waals surface area (Å²) in [5.74, 6) is -2.42. The molecule has 7 nitrogen and oxygen atoms in total. The van der Waals surface area contributed by atoms with Gasteiger partial charge >= 0.3 is 0 Å². The standard InChI is InChI=1S/C20H17ClF2N4O3S/c1-26-10-18(24-11-26)31(29,30)27-9-15(12-2-4-13(22)5-3-12)19(20(27)28)25-14-6-7-17(23)16(21)8-14/h2-8,10-11,15,19,25H,9H2,1H3/t15-,19-/m0/s1. The van der Waals surface area contributed by atoms with Crippen LogP contribution in [0.5, 0.6) is 0 Å². The number of benzene rings is 2. The van der Waals surface area contributed by atoms with Gasteiger partial charge in [0.2, 0.25) is 0 Å². The molecule has 31 heavy (non-hydrogen) atoms. The molecule has 11 heteroatoms. The lowest BCUT2D eigenvalue weighted by atomic mass is 9.94. The average molecular weight is 467 g/mol. The van der Waals surface area contributed by atoms with E-state index in [-0.39, 0.29) is 16.6 Å². The Morgan fingerprint density at radius 1 is 1.16 bits per heavy atom. The van der Waals surface area contributed by atoms with Crippen molar-refractivity contribution >= 4 is 33.2 Å². The Hall–Kier alpha value is -2.98. The highest BCUT2D eigenvalue weighted by atomic mass is 35.5. The zero-order chi connectivity index (χ0) is 22.3. The van der Waals surface area contributed by atoms with Gasteiger partial charge in [0.05, 0.1) is 11.3 Å². The Labute approximate surface area is 182 Å². The largest absolute Gasteiger partial charge is 0.373 e. The summed E-state index contributed by atoms with van der Waals surface area (Å²) in [4.78, 5) is 17.1. The molecule has 4 rings (SSSR count). The van der Waals surface area contributed by atoms with Gasteiger partial charge in [-0.25, -0.2) is 18.1 Å². The maximum absolute atomic E-state index is 13.5. The van der Waals surface area contributed by atoms with Gasteiger partial charge in [-0.1, -0.05) is 23.7 Å². The van der Waals surface area contributed by atoms with Crippen LogP contribution in [0.1, 0.15) is 11.5 Å². The van der Waals surface area contributed by atoms with Crippen molar-refractivity contribution in [3.8, 4) is 0 Å². The fraction of sp³-hybridized carbons (Fsp3) is 0.200. The van der Waals surface area contributed by atoms with E-state index in [1.807, 2.05) is 0 Å².